The summed E-state index contributed by atoms with van der Waals surface area (Å²) in [6.45, 7) is 3.22. The lowest BCUT2D eigenvalue weighted by atomic mass is 10.0. The van der Waals surface area contributed by atoms with Crippen LogP contribution in [0.3, 0.4) is 0 Å². The fraction of sp³-hybridized carbons (Fsp3) is 0.333. The van der Waals surface area contributed by atoms with E-state index >= 15 is 0 Å². The van der Waals surface area contributed by atoms with Gasteiger partial charge in [0.25, 0.3) is 0 Å². The number of hydrogen-bond donors (Lipinski definition) is 2. The maximum absolute atomic E-state index is 5.57. The van der Waals surface area contributed by atoms with E-state index in [1.807, 2.05) is 12.1 Å². The molecule has 11 heavy (non-hydrogen) atoms. The van der Waals surface area contributed by atoms with Gasteiger partial charge >= 0.3 is 0 Å². The minimum Gasteiger partial charge on any atom is -0.326 e. The second-order valence-corrected chi connectivity index (χ2v) is 2.62. The van der Waals surface area contributed by atoms with Gasteiger partial charge < -0.3 is 11.5 Å². The van der Waals surface area contributed by atoms with Crippen LogP contribution < -0.4 is 11.5 Å². The normalized spacial score (nSPS) is 10.1. The molecule has 4 N–H and O–H groups in total. The Morgan fingerprint density at radius 2 is 1.91 bits per heavy atom. The Morgan fingerprint density at radius 3 is 2.36 bits per heavy atom. The van der Waals surface area contributed by atoms with Crippen LogP contribution in [0.5, 0.6) is 0 Å². The van der Waals surface area contributed by atoms with Crippen molar-refractivity contribution < 1.29 is 0 Å². The average molecular weight is 150 g/mol. The van der Waals surface area contributed by atoms with Crippen molar-refractivity contribution in [2.24, 2.45) is 11.5 Å². The molecule has 0 heterocycles. The van der Waals surface area contributed by atoms with Gasteiger partial charge in [-0.25, -0.2) is 0 Å². The van der Waals surface area contributed by atoms with Gasteiger partial charge in [-0.2, -0.15) is 0 Å². The summed E-state index contributed by atoms with van der Waals surface area (Å²) in [5.74, 6) is 0. The smallest absolute Gasteiger partial charge is 0.0183 e. The van der Waals surface area contributed by atoms with Crippen LogP contribution in [0.1, 0.15) is 16.7 Å². The standard InChI is InChI=1S/C9H14N2/c1-7-3-2-4-8(5-10)9(7)6-11/h2-4H,5-6,10-11H2,1H3. The maximum atomic E-state index is 5.57. The number of rotatable bonds is 2. The van der Waals surface area contributed by atoms with Crippen LogP contribution in [0.15, 0.2) is 18.2 Å². The fourth-order valence-corrected chi connectivity index (χ4v) is 1.25. The molecule has 1 aromatic carbocycles. The number of hydrogen-bond acceptors (Lipinski definition) is 2. The quantitative estimate of drug-likeness (QED) is 0.658. The molecule has 0 spiro atoms. The summed E-state index contributed by atoms with van der Waals surface area (Å²) in [6.07, 6.45) is 0. The predicted molar refractivity (Wildman–Crippen MR) is 47.0 cm³/mol. The second kappa shape index (κ2) is 3.51. The zero-order valence-electron chi connectivity index (χ0n) is 6.80. The van der Waals surface area contributed by atoms with E-state index in [0.29, 0.717) is 13.1 Å². The zero-order valence-corrected chi connectivity index (χ0v) is 6.80. The van der Waals surface area contributed by atoms with Gasteiger partial charge in [0.05, 0.1) is 0 Å². The first-order valence-corrected chi connectivity index (χ1v) is 3.77. The summed E-state index contributed by atoms with van der Waals surface area (Å²) in [5.41, 5.74) is 14.7. The van der Waals surface area contributed by atoms with E-state index in [2.05, 4.69) is 13.0 Å². The summed E-state index contributed by atoms with van der Waals surface area (Å²) in [5, 5.41) is 0. The molecule has 0 unspecified atom stereocenters. The van der Waals surface area contributed by atoms with E-state index in [1.54, 1.807) is 0 Å². The molecule has 60 valence electrons. The average Bonchev–Trinajstić information content (AvgIpc) is 2.04. The molecule has 0 bridgehead atoms. The van der Waals surface area contributed by atoms with Crippen molar-refractivity contribution in [2.45, 2.75) is 20.0 Å². The van der Waals surface area contributed by atoms with Crippen molar-refractivity contribution >= 4 is 0 Å². The Balaban J connectivity index is 3.13. The van der Waals surface area contributed by atoms with Gasteiger partial charge in [0, 0.05) is 13.1 Å². The van der Waals surface area contributed by atoms with E-state index in [4.69, 9.17) is 11.5 Å². The summed E-state index contributed by atoms with van der Waals surface area (Å²) in [6, 6.07) is 6.09. The highest BCUT2D eigenvalue weighted by molar-refractivity contribution is 5.33. The Morgan fingerprint density at radius 1 is 1.18 bits per heavy atom. The maximum Gasteiger partial charge on any atom is 0.0183 e. The van der Waals surface area contributed by atoms with Crippen molar-refractivity contribution in [1.82, 2.24) is 0 Å². The Bertz CT molecular complexity index is 243. The van der Waals surface area contributed by atoms with E-state index in [9.17, 15) is 0 Å². The Labute approximate surface area is 67.2 Å². The molecule has 1 aromatic rings. The summed E-state index contributed by atoms with van der Waals surface area (Å²) < 4.78 is 0. The summed E-state index contributed by atoms with van der Waals surface area (Å²) >= 11 is 0. The first-order valence-electron chi connectivity index (χ1n) is 3.77. The van der Waals surface area contributed by atoms with Gasteiger partial charge in [0.15, 0.2) is 0 Å². The minimum absolute atomic E-state index is 0.578. The largest absolute Gasteiger partial charge is 0.326 e. The molecule has 0 fully saturated rings. The fourth-order valence-electron chi connectivity index (χ4n) is 1.25. The van der Waals surface area contributed by atoms with Gasteiger partial charge in [-0.1, -0.05) is 18.2 Å². The van der Waals surface area contributed by atoms with E-state index < -0.39 is 0 Å². The number of nitrogens with two attached hydrogens (primary N) is 2. The third-order valence-corrected chi connectivity index (χ3v) is 1.93. The predicted octanol–water partition coefficient (Wildman–Crippen LogP) is 0.912. The van der Waals surface area contributed by atoms with Crippen LogP contribution in [-0.4, -0.2) is 0 Å². The topological polar surface area (TPSA) is 52.0 Å². The minimum atomic E-state index is 0.578. The molecule has 0 saturated heterocycles. The molecule has 2 heteroatoms. The lowest BCUT2D eigenvalue weighted by molar-refractivity contribution is 0.965. The molecule has 0 aromatic heterocycles. The van der Waals surface area contributed by atoms with Crippen LogP contribution in [-0.2, 0) is 13.1 Å². The van der Waals surface area contributed by atoms with E-state index in [1.165, 1.54) is 11.1 Å². The van der Waals surface area contributed by atoms with Gasteiger partial charge in [0.2, 0.25) is 0 Å². The lowest BCUT2D eigenvalue weighted by Crippen LogP contribution is -2.07. The van der Waals surface area contributed by atoms with Crippen molar-refractivity contribution in [2.75, 3.05) is 0 Å². The summed E-state index contributed by atoms with van der Waals surface area (Å²) in [4.78, 5) is 0. The highest BCUT2D eigenvalue weighted by Crippen LogP contribution is 2.12. The SMILES string of the molecule is Cc1cccc(CN)c1CN. The van der Waals surface area contributed by atoms with E-state index in [0.717, 1.165) is 5.56 Å². The first kappa shape index (κ1) is 8.24. The number of benzene rings is 1. The molecule has 0 radical (unpaired) electrons. The molecule has 0 amide bonds. The van der Waals surface area contributed by atoms with Gasteiger partial charge in [-0.15, -0.1) is 0 Å². The summed E-state index contributed by atoms with van der Waals surface area (Å²) in [7, 11) is 0. The second-order valence-electron chi connectivity index (χ2n) is 2.62. The molecule has 2 nitrogen and oxygen atoms in total. The highest BCUT2D eigenvalue weighted by Gasteiger charge is 2.00. The van der Waals surface area contributed by atoms with Gasteiger partial charge in [-0.05, 0) is 23.6 Å². The van der Waals surface area contributed by atoms with Crippen LogP contribution >= 0.6 is 0 Å². The van der Waals surface area contributed by atoms with Crippen LogP contribution in [0.2, 0.25) is 0 Å². The molecule has 0 aliphatic heterocycles. The number of aryl methyl sites for hydroxylation is 1. The van der Waals surface area contributed by atoms with Crippen LogP contribution in [0.4, 0.5) is 0 Å². The third-order valence-electron chi connectivity index (χ3n) is 1.93. The molecule has 1 rings (SSSR count). The molecule has 0 aliphatic carbocycles. The Hall–Kier alpha value is -0.860. The molecule has 0 aliphatic rings. The van der Waals surface area contributed by atoms with Gasteiger partial charge in [0.1, 0.15) is 0 Å². The Kier molecular flexibility index (Phi) is 2.63. The molecule has 0 atom stereocenters. The first-order chi connectivity index (χ1) is 5.29. The third kappa shape index (κ3) is 1.59. The molecular weight excluding hydrogens is 136 g/mol. The van der Waals surface area contributed by atoms with E-state index in [-0.39, 0.29) is 0 Å². The monoisotopic (exact) mass is 150 g/mol. The van der Waals surface area contributed by atoms with Crippen LogP contribution in [0.25, 0.3) is 0 Å². The highest BCUT2D eigenvalue weighted by atomic mass is 14.6. The van der Waals surface area contributed by atoms with Crippen molar-refractivity contribution in [1.29, 1.82) is 0 Å². The van der Waals surface area contributed by atoms with Gasteiger partial charge in [-0.3, -0.25) is 0 Å². The lowest BCUT2D eigenvalue weighted by Gasteiger charge is -2.07. The van der Waals surface area contributed by atoms with Crippen LogP contribution in [0, 0.1) is 6.92 Å². The molecular formula is C9H14N2. The van der Waals surface area contributed by atoms with Crippen molar-refractivity contribution in [3.05, 3.63) is 34.9 Å². The molecule has 0 saturated carbocycles. The zero-order chi connectivity index (χ0) is 8.27. The van der Waals surface area contributed by atoms with Crippen molar-refractivity contribution in [3.63, 3.8) is 0 Å². The van der Waals surface area contributed by atoms with Crippen molar-refractivity contribution in [3.8, 4) is 0 Å².